The van der Waals surface area contributed by atoms with Crippen molar-refractivity contribution < 1.29 is 0 Å². The highest BCUT2D eigenvalue weighted by Crippen LogP contribution is 2.01. The zero-order chi connectivity index (χ0) is 5.70. The number of nitrogens with one attached hydrogen (secondary N) is 2. The zero-order valence-electron chi connectivity index (χ0n) is 3.64. The van der Waals surface area contributed by atoms with E-state index in [2.05, 4.69) is 11.7 Å². The fourth-order valence-electron chi connectivity index (χ4n) is 0.105. The molecule has 4 heteroatoms. The van der Waals surface area contributed by atoms with Crippen molar-refractivity contribution in [2.45, 2.75) is 0 Å². The van der Waals surface area contributed by atoms with Crippen LogP contribution in [0.4, 0.5) is 0 Å². The summed E-state index contributed by atoms with van der Waals surface area (Å²) in [6.07, 6.45) is 0. The van der Waals surface area contributed by atoms with Gasteiger partial charge < -0.3 is 0 Å². The monoisotopic (exact) mass is 115 g/mol. The number of thioether (sulfide) groups is 1. The van der Waals surface area contributed by atoms with Gasteiger partial charge in [-0.15, -0.1) is 5.11 Å². The molecule has 0 radical (unpaired) electrons. The van der Waals surface area contributed by atoms with Gasteiger partial charge in [0.25, 0.3) is 0 Å². The second kappa shape index (κ2) is 3.55. The summed E-state index contributed by atoms with van der Waals surface area (Å²) in [5, 5.41) is 10.9. The first-order valence-corrected chi connectivity index (χ1v) is 2.42. The molecule has 0 saturated carbocycles. The van der Waals surface area contributed by atoms with Crippen molar-refractivity contribution in [2.24, 2.45) is 5.11 Å². The molecule has 0 aliphatic heterocycles. The van der Waals surface area contributed by atoms with E-state index in [1.807, 2.05) is 0 Å². The molecule has 0 atom stereocenters. The second-order valence-corrected chi connectivity index (χ2v) is 1.66. The van der Waals surface area contributed by atoms with Crippen molar-refractivity contribution in [2.75, 3.05) is 0 Å². The summed E-state index contributed by atoms with van der Waals surface area (Å²) >= 11 is 1.02. The number of hydrogen-bond donors (Lipinski definition) is 2. The maximum atomic E-state index is 6.67. The lowest BCUT2D eigenvalue weighted by Crippen LogP contribution is -1.73. The van der Waals surface area contributed by atoms with Crippen LogP contribution in [0.2, 0.25) is 0 Å². The third-order valence-electron chi connectivity index (χ3n) is 0.297. The van der Waals surface area contributed by atoms with Crippen molar-refractivity contribution in [3.63, 3.8) is 0 Å². The van der Waals surface area contributed by atoms with E-state index < -0.39 is 0 Å². The Kier molecular flexibility index (Phi) is 3.22. The van der Waals surface area contributed by atoms with E-state index in [-0.39, 0.29) is 5.17 Å². The van der Waals surface area contributed by atoms with Gasteiger partial charge in [0, 0.05) is 0 Å². The molecule has 0 rings (SSSR count). The van der Waals surface area contributed by atoms with Gasteiger partial charge in [0.05, 0.1) is 0 Å². The summed E-state index contributed by atoms with van der Waals surface area (Å²) in [6.45, 7) is 3.33. The molecular weight excluding hydrogens is 110 g/mol. The predicted octanol–water partition coefficient (Wildman–Crippen LogP) is 1.83. The zero-order valence-corrected chi connectivity index (χ0v) is 4.46. The molecule has 38 valence electrons. The van der Waals surface area contributed by atoms with E-state index in [1.54, 1.807) is 0 Å². The van der Waals surface area contributed by atoms with Crippen molar-refractivity contribution in [3.05, 3.63) is 12.0 Å². The Bertz CT molecular complexity index is 98.4. The highest BCUT2D eigenvalue weighted by atomic mass is 32.2. The molecule has 0 saturated heterocycles. The van der Waals surface area contributed by atoms with E-state index in [9.17, 15) is 0 Å². The molecule has 0 aliphatic rings. The van der Waals surface area contributed by atoms with E-state index in [4.69, 9.17) is 10.9 Å². The topological polar surface area (TPSA) is 60.1 Å². The second-order valence-electron chi connectivity index (χ2n) is 0.701. The molecule has 0 spiro atoms. The van der Waals surface area contributed by atoms with Crippen molar-refractivity contribution in [3.8, 4) is 0 Å². The lowest BCUT2D eigenvalue weighted by atomic mass is 11.3. The number of rotatable bonds is 1. The summed E-state index contributed by atoms with van der Waals surface area (Å²) in [6, 6.07) is 0. The van der Waals surface area contributed by atoms with Crippen molar-refractivity contribution >= 4 is 16.9 Å². The third-order valence-corrected chi connectivity index (χ3v) is 0.778. The summed E-state index contributed by atoms with van der Waals surface area (Å²) < 4.78 is 0. The number of hydrogen-bond acceptors (Lipinski definition) is 3. The molecule has 7 heavy (non-hydrogen) atoms. The normalized spacial score (nSPS) is 7.43. The molecule has 0 aliphatic carbocycles. The fourth-order valence-corrected chi connectivity index (χ4v) is 0.316. The average Bonchev–Trinajstić information content (AvgIpc) is 1.68. The summed E-state index contributed by atoms with van der Waals surface area (Å²) in [7, 11) is 0. The molecule has 3 nitrogen and oxygen atoms in total. The van der Waals surface area contributed by atoms with E-state index in [0.29, 0.717) is 0 Å². The standard InChI is InChI=1S/C3H5N3S/c1-2-7-3(4)6-5/h2,4-5H,1H2. The highest BCUT2D eigenvalue weighted by Gasteiger charge is 1.83. The Morgan fingerprint density at radius 2 is 2.43 bits per heavy atom. The minimum absolute atomic E-state index is 0.0324. The number of amidine groups is 1. The van der Waals surface area contributed by atoms with Gasteiger partial charge in [-0.1, -0.05) is 18.3 Å². The largest absolute Gasteiger partial charge is 0.275 e. The van der Waals surface area contributed by atoms with Gasteiger partial charge in [-0.05, 0) is 5.41 Å². The molecule has 0 bridgehead atoms. The lowest BCUT2D eigenvalue weighted by molar-refractivity contribution is 1.19. The Morgan fingerprint density at radius 1 is 1.86 bits per heavy atom. The summed E-state index contributed by atoms with van der Waals surface area (Å²) in [4.78, 5) is 0. The van der Waals surface area contributed by atoms with Gasteiger partial charge in [-0.25, -0.2) is 5.53 Å². The van der Waals surface area contributed by atoms with Crippen LogP contribution in [0.15, 0.2) is 17.1 Å². The van der Waals surface area contributed by atoms with Crippen LogP contribution < -0.4 is 0 Å². The molecule has 0 amide bonds. The Hall–Kier alpha value is -0.640. The Labute approximate surface area is 45.8 Å². The molecule has 2 N–H and O–H groups in total. The van der Waals surface area contributed by atoms with Crippen LogP contribution in [0.25, 0.3) is 0 Å². The van der Waals surface area contributed by atoms with E-state index in [1.165, 1.54) is 5.41 Å². The van der Waals surface area contributed by atoms with Gasteiger partial charge in [0.2, 0.25) is 5.17 Å². The Morgan fingerprint density at radius 3 is 2.57 bits per heavy atom. The van der Waals surface area contributed by atoms with Crippen LogP contribution >= 0.6 is 11.8 Å². The first-order chi connectivity index (χ1) is 3.31. The van der Waals surface area contributed by atoms with Gasteiger partial charge in [0.15, 0.2) is 0 Å². The third kappa shape index (κ3) is 3.18. The van der Waals surface area contributed by atoms with Crippen LogP contribution in [-0.4, -0.2) is 5.17 Å². The molecular formula is C3H5N3S. The van der Waals surface area contributed by atoms with Crippen LogP contribution in [0.1, 0.15) is 0 Å². The first kappa shape index (κ1) is 6.36. The van der Waals surface area contributed by atoms with Crippen LogP contribution in [-0.2, 0) is 0 Å². The maximum Gasteiger partial charge on any atom is 0.205 e. The van der Waals surface area contributed by atoms with Gasteiger partial charge in [-0.2, -0.15) is 0 Å². The fraction of sp³-hybridized carbons (Fsp3) is 0. The van der Waals surface area contributed by atoms with Crippen LogP contribution in [0, 0.1) is 10.9 Å². The van der Waals surface area contributed by atoms with Crippen LogP contribution in [0.3, 0.4) is 0 Å². The van der Waals surface area contributed by atoms with Crippen LogP contribution in [0.5, 0.6) is 0 Å². The minimum atomic E-state index is -0.0324. The number of nitrogens with zero attached hydrogens (tertiary/aromatic N) is 1. The summed E-state index contributed by atoms with van der Waals surface area (Å²) in [5.74, 6) is 0. The van der Waals surface area contributed by atoms with E-state index >= 15 is 0 Å². The molecule has 0 aromatic rings. The molecule has 0 fully saturated rings. The van der Waals surface area contributed by atoms with Gasteiger partial charge in [-0.3, -0.25) is 5.41 Å². The predicted molar refractivity (Wildman–Crippen MR) is 30.7 cm³/mol. The molecule has 0 heterocycles. The SMILES string of the molecule is C=CSC(=N)N=N. The van der Waals surface area contributed by atoms with Gasteiger partial charge >= 0.3 is 0 Å². The molecule has 0 aromatic heterocycles. The quantitative estimate of drug-likeness (QED) is 0.305. The minimum Gasteiger partial charge on any atom is -0.275 e. The molecule has 0 aromatic carbocycles. The molecule has 0 unspecified atom stereocenters. The van der Waals surface area contributed by atoms with E-state index in [0.717, 1.165) is 11.8 Å². The lowest BCUT2D eigenvalue weighted by Gasteiger charge is -1.80. The smallest absolute Gasteiger partial charge is 0.205 e. The maximum absolute atomic E-state index is 6.67. The first-order valence-electron chi connectivity index (χ1n) is 1.55. The van der Waals surface area contributed by atoms with Crippen molar-refractivity contribution in [1.82, 2.24) is 0 Å². The van der Waals surface area contributed by atoms with Gasteiger partial charge in [0.1, 0.15) is 0 Å². The average molecular weight is 115 g/mol. The van der Waals surface area contributed by atoms with Crippen molar-refractivity contribution in [1.29, 1.82) is 10.9 Å². The Balaban J connectivity index is 3.36. The summed E-state index contributed by atoms with van der Waals surface area (Å²) in [5.41, 5.74) is 6.24. The highest BCUT2D eigenvalue weighted by molar-refractivity contribution is 8.16.